The number of nitrogens with one attached hydrogen (secondary N) is 1. The Kier molecular flexibility index (Phi) is 2.72. The molecule has 0 saturated carbocycles. The van der Waals surface area contributed by atoms with Gasteiger partial charge in [-0.2, -0.15) is 5.10 Å². The van der Waals surface area contributed by atoms with Gasteiger partial charge in [0.2, 0.25) is 0 Å². The van der Waals surface area contributed by atoms with Crippen molar-refractivity contribution in [2.24, 2.45) is 7.05 Å². The number of aromatic nitrogens is 4. The maximum Gasteiger partial charge on any atom is 0.147 e. The molecule has 0 aliphatic carbocycles. The van der Waals surface area contributed by atoms with E-state index in [-0.39, 0.29) is 0 Å². The summed E-state index contributed by atoms with van der Waals surface area (Å²) in [7, 11) is 1.81. The Morgan fingerprint density at radius 2 is 2.12 bits per heavy atom. The maximum absolute atomic E-state index is 5.83. The van der Waals surface area contributed by atoms with E-state index in [1.54, 1.807) is 23.3 Å². The third-order valence-corrected chi connectivity index (χ3v) is 2.39. The van der Waals surface area contributed by atoms with Crippen molar-refractivity contribution in [3.63, 3.8) is 0 Å². The summed E-state index contributed by atoms with van der Waals surface area (Å²) in [5.74, 6) is 1.43. The Labute approximate surface area is 93.5 Å². The molecule has 0 radical (unpaired) electrons. The Bertz CT molecular complexity index is 490. The predicted octanol–water partition coefficient (Wildman–Crippen LogP) is 0.713. The summed E-state index contributed by atoms with van der Waals surface area (Å²) in [5, 5.41) is 7.24. The van der Waals surface area contributed by atoms with Gasteiger partial charge < -0.3 is 11.1 Å². The minimum Gasteiger partial charge on any atom is -0.384 e. The summed E-state index contributed by atoms with van der Waals surface area (Å²) in [6.07, 6.45) is 5.06. The first-order chi connectivity index (χ1) is 7.68. The Morgan fingerprint density at radius 1 is 1.38 bits per heavy atom. The van der Waals surface area contributed by atoms with Gasteiger partial charge in [-0.1, -0.05) is 0 Å². The highest BCUT2D eigenvalue weighted by Gasteiger charge is 2.05. The van der Waals surface area contributed by atoms with Crippen LogP contribution in [0.1, 0.15) is 11.3 Å². The quantitative estimate of drug-likeness (QED) is 0.793. The third-order valence-electron chi connectivity index (χ3n) is 2.39. The minimum absolute atomic E-state index is 0.596. The van der Waals surface area contributed by atoms with Gasteiger partial charge in [-0.3, -0.25) is 9.67 Å². The molecule has 16 heavy (non-hydrogen) atoms. The lowest BCUT2D eigenvalue weighted by Crippen LogP contribution is -2.06. The number of nitrogens with zero attached hydrogens (tertiary/aromatic N) is 4. The van der Waals surface area contributed by atoms with E-state index in [1.807, 2.05) is 14.0 Å². The molecule has 0 saturated heterocycles. The molecule has 0 bridgehead atoms. The molecule has 0 fully saturated rings. The first kappa shape index (κ1) is 10.4. The smallest absolute Gasteiger partial charge is 0.147 e. The lowest BCUT2D eigenvalue weighted by atomic mass is 10.3. The van der Waals surface area contributed by atoms with E-state index in [2.05, 4.69) is 20.4 Å². The maximum atomic E-state index is 5.83. The summed E-state index contributed by atoms with van der Waals surface area (Å²) < 4.78 is 1.64. The van der Waals surface area contributed by atoms with Crippen LogP contribution in [0.4, 0.5) is 11.6 Å². The van der Waals surface area contributed by atoms with Crippen molar-refractivity contribution in [2.75, 3.05) is 11.1 Å². The van der Waals surface area contributed by atoms with Gasteiger partial charge in [0.25, 0.3) is 0 Å². The van der Waals surface area contributed by atoms with E-state index >= 15 is 0 Å². The second kappa shape index (κ2) is 4.18. The van der Waals surface area contributed by atoms with Crippen molar-refractivity contribution in [3.05, 3.63) is 29.8 Å². The second-order valence-corrected chi connectivity index (χ2v) is 3.52. The number of rotatable bonds is 3. The summed E-state index contributed by atoms with van der Waals surface area (Å²) in [4.78, 5) is 8.33. The van der Waals surface area contributed by atoms with Crippen LogP contribution in [0.2, 0.25) is 0 Å². The van der Waals surface area contributed by atoms with Crippen molar-refractivity contribution in [2.45, 2.75) is 13.5 Å². The average Bonchev–Trinajstić information content (AvgIpc) is 2.59. The van der Waals surface area contributed by atoms with Gasteiger partial charge in [-0.25, -0.2) is 4.98 Å². The van der Waals surface area contributed by atoms with Gasteiger partial charge in [-0.15, -0.1) is 0 Å². The van der Waals surface area contributed by atoms with Crippen LogP contribution in [-0.2, 0) is 13.6 Å². The van der Waals surface area contributed by atoms with Crippen LogP contribution in [0.5, 0.6) is 0 Å². The molecular weight excluding hydrogens is 204 g/mol. The van der Waals surface area contributed by atoms with Crippen LogP contribution in [0.3, 0.4) is 0 Å². The highest BCUT2D eigenvalue weighted by atomic mass is 15.3. The minimum atomic E-state index is 0.596. The first-order valence-electron chi connectivity index (χ1n) is 4.96. The topological polar surface area (TPSA) is 81.7 Å². The Balaban J connectivity index is 2.08. The van der Waals surface area contributed by atoms with Crippen LogP contribution < -0.4 is 11.1 Å². The molecule has 0 aromatic carbocycles. The van der Waals surface area contributed by atoms with Crippen LogP contribution in [0, 0.1) is 6.92 Å². The van der Waals surface area contributed by atoms with Gasteiger partial charge in [-0.05, 0) is 6.92 Å². The summed E-state index contributed by atoms with van der Waals surface area (Å²) in [5.41, 5.74) is 7.65. The van der Waals surface area contributed by atoms with Gasteiger partial charge in [0.1, 0.15) is 11.6 Å². The molecule has 3 N–H and O–H groups in total. The molecule has 84 valence electrons. The molecule has 2 aromatic rings. The number of nitrogen functional groups attached to an aromatic ring is 1. The highest BCUT2D eigenvalue weighted by Crippen LogP contribution is 2.12. The fourth-order valence-corrected chi connectivity index (χ4v) is 1.39. The number of anilines is 2. The molecular formula is C10H14N6. The predicted molar refractivity (Wildman–Crippen MR) is 61.7 cm³/mol. The standard InChI is InChI=1S/C10H14N6/c1-7-10(13-4-3-12-7)14-5-8-6-15-16(2)9(8)11/h3-4,6H,5,11H2,1-2H3,(H,13,14). The number of hydrogen-bond acceptors (Lipinski definition) is 5. The normalized spacial score (nSPS) is 10.4. The van der Waals surface area contributed by atoms with Crippen LogP contribution >= 0.6 is 0 Å². The van der Waals surface area contributed by atoms with E-state index in [0.29, 0.717) is 12.4 Å². The highest BCUT2D eigenvalue weighted by molar-refractivity contribution is 5.44. The van der Waals surface area contributed by atoms with E-state index in [9.17, 15) is 0 Å². The molecule has 2 rings (SSSR count). The zero-order chi connectivity index (χ0) is 11.5. The van der Waals surface area contributed by atoms with Crippen molar-refractivity contribution in [1.82, 2.24) is 19.7 Å². The molecule has 0 aliphatic rings. The SMILES string of the molecule is Cc1nccnc1NCc1cnn(C)c1N. The number of nitrogens with two attached hydrogens (primary N) is 1. The largest absolute Gasteiger partial charge is 0.384 e. The van der Waals surface area contributed by atoms with Gasteiger partial charge in [0.15, 0.2) is 0 Å². The Morgan fingerprint density at radius 3 is 2.75 bits per heavy atom. The summed E-state index contributed by atoms with van der Waals surface area (Å²) in [6.45, 7) is 2.50. The van der Waals surface area contributed by atoms with E-state index in [1.165, 1.54) is 0 Å². The molecule has 0 unspecified atom stereocenters. The first-order valence-corrected chi connectivity index (χ1v) is 4.96. The summed E-state index contributed by atoms with van der Waals surface area (Å²) in [6, 6.07) is 0. The molecule has 0 amide bonds. The van der Waals surface area contributed by atoms with Crippen molar-refractivity contribution in [3.8, 4) is 0 Å². The lowest BCUT2D eigenvalue weighted by Gasteiger charge is -2.06. The monoisotopic (exact) mass is 218 g/mol. The van der Waals surface area contributed by atoms with Gasteiger partial charge in [0, 0.05) is 31.5 Å². The zero-order valence-corrected chi connectivity index (χ0v) is 9.31. The Hall–Kier alpha value is -2.11. The second-order valence-electron chi connectivity index (χ2n) is 3.52. The van der Waals surface area contributed by atoms with Crippen molar-refractivity contribution >= 4 is 11.6 Å². The molecule has 6 nitrogen and oxygen atoms in total. The van der Waals surface area contributed by atoms with Crippen LogP contribution in [-0.4, -0.2) is 19.7 Å². The lowest BCUT2D eigenvalue weighted by molar-refractivity contribution is 0.778. The number of aryl methyl sites for hydroxylation is 2. The number of hydrogen-bond donors (Lipinski definition) is 2. The summed E-state index contributed by atoms with van der Waals surface area (Å²) >= 11 is 0. The van der Waals surface area contributed by atoms with Crippen molar-refractivity contribution < 1.29 is 0 Å². The van der Waals surface area contributed by atoms with Crippen molar-refractivity contribution in [1.29, 1.82) is 0 Å². The van der Waals surface area contributed by atoms with Gasteiger partial charge in [0.05, 0.1) is 11.9 Å². The van der Waals surface area contributed by atoms with Gasteiger partial charge >= 0.3 is 0 Å². The third kappa shape index (κ3) is 1.95. The molecule has 2 heterocycles. The van der Waals surface area contributed by atoms with E-state index < -0.39 is 0 Å². The van der Waals surface area contributed by atoms with Crippen LogP contribution in [0.25, 0.3) is 0 Å². The van der Waals surface area contributed by atoms with E-state index in [0.717, 1.165) is 17.1 Å². The van der Waals surface area contributed by atoms with Crippen LogP contribution in [0.15, 0.2) is 18.6 Å². The molecule has 0 aliphatic heterocycles. The average molecular weight is 218 g/mol. The van der Waals surface area contributed by atoms with E-state index in [4.69, 9.17) is 5.73 Å². The fraction of sp³-hybridized carbons (Fsp3) is 0.300. The molecule has 6 heteroatoms. The molecule has 0 atom stereocenters. The molecule has 0 spiro atoms. The molecule has 2 aromatic heterocycles. The zero-order valence-electron chi connectivity index (χ0n) is 9.31. The fourth-order valence-electron chi connectivity index (χ4n) is 1.39.